The quantitative estimate of drug-likeness (QED) is 0.297. The zero-order valence-electron chi connectivity index (χ0n) is 24.6. The lowest BCUT2D eigenvalue weighted by molar-refractivity contribution is 0.435. The van der Waals surface area contributed by atoms with Crippen molar-refractivity contribution >= 4 is 52.2 Å². The summed E-state index contributed by atoms with van der Waals surface area (Å²) in [5.41, 5.74) is 2.67. The van der Waals surface area contributed by atoms with Crippen molar-refractivity contribution in [2.75, 3.05) is 65.8 Å². The Morgan fingerprint density at radius 1 is 0.881 bits per heavy atom. The summed E-state index contributed by atoms with van der Waals surface area (Å²) < 4.78 is 0. The first-order valence-corrected chi connectivity index (χ1v) is 16.3. The fourth-order valence-electron chi connectivity index (χ4n) is 6.85. The van der Waals surface area contributed by atoms with E-state index in [-0.39, 0.29) is 5.41 Å². The molecule has 1 aromatic heterocycles. The summed E-state index contributed by atoms with van der Waals surface area (Å²) in [5.74, 6) is 3.16. The first-order valence-electron chi connectivity index (χ1n) is 15.5. The minimum absolute atomic E-state index is 0.0621. The summed E-state index contributed by atoms with van der Waals surface area (Å²) >= 11 is 12.0. The molecule has 3 aliphatic rings. The molecule has 1 unspecified atom stereocenters. The van der Waals surface area contributed by atoms with E-state index in [4.69, 9.17) is 33.8 Å². The molecule has 3 heterocycles. The molecule has 0 spiro atoms. The molecule has 1 saturated carbocycles. The van der Waals surface area contributed by atoms with Gasteiger partial charge < -0.3 is 25.3 Å². The molecule has 3 fully saturated rings. The number of nitrogens with zero attached hydrogens (tertiary/aromatic N) is 5. The van der Waals surface area contributed by atoms with Gasteiger partial charge in [0, 0.05) is 68.0 Å². The topological polar surface area (TPSA) is 59.6 Å². The third-order valence-corrected chi connectivity index (χ3v) is 9.73. The van der Waals surface area contributed by atoms with Gasteiger partial charge in [-0.25, -0.2) is 0 Å². The fourth-order valence-corrected chi connectivity index (χ4v) is 7.14. The molecule has 42 heavy (non-hydrogen) atoms. The van der Waals surface area contributed by atoms with Crippen LogP contribution < -0.4 is 25.3 Å². The van der Waals surface area contributed by atoms with Gasteiger partial charge in [-0.1, -0.05) is 61.7 Å². The average molecular weight is 604 g/mol. The SMILES string of the molecule is CC1CCCN(c2cc(N3CCN(c4ccccc4)CC3)nc(NC(=S)NCC3(c4ccc(Cl)cc4)CCCC3)n2)C1. The summed E-state index contributed by atoms with van der Waals surface area (Å²) in [6, 6.07) is 21.2. The number of piperidine rings is 1. The van der Waals surface area contributed by atoms with E-state index in [0.29, 0.717) is 17.0 Å². The van der Waals surface area contributed by atoms with Crippen molar-refractivity contribution in [3.63, 3.8) is 0 Å². The van der Waals surface area contributed by atoms with Gasteiger partial charge in [-0.2, -0.15) is 9.97 Å². The highest BCUT2D eigenvalue weighted by molar-refractivity contribution is 7.80. The highest BCUT2D eigenvalue weighted by Crippen LogP contribution is 2.41. The molecule has 3 aromatic rings. The van der Waals surface area contributed by atoms with Crippen molar-refractivity contribution in [1.29, 1.82) is 0 Å². The Hall–Kier alpha value is -3.10. The van der Waals surface area contributed by atoms with Crippen molar-refractivity contribution in [3.8, 4) is 0 Å². The van der Waals surface area contributed by atoms with E-state index in [2.05, 4.69) is 80.8 Å². The van der Waals surface area contributed by atoms with Crippen LogP contribution in [0.5, 0.6) is 0 Å². The van der Waals surface area contributed by atoms with Gasteiger partial charge >= 0.3 is 0 Å². The molecule has 222 valence electrons. The van der Waals surface area contributed by atoms with Gasteiger partial charge in [0.05, 0.1) is 0 Å². The molecule has 2 N–H and O–H groups in total. The van der Waals surface area contributed by atoms with Crippen LogP contribution in [0.3, 0.4) is 0 Å². The molecule has 0 radical (unpaired) electrons. The van der Waals surface area contributed by atoms with Crippen molar-refractivity contribution < 1.29 is 0 Å². The summed E-state index contributed by atoms with van der Waals surface area (Å²) in [6.45, 7) is 8.88. The molecule has 2 saturated heterocycles. The van der Waals surface area contributed by atoms with Crippen molar-refractivity contribution in [3.05, 3.63) is 71.2 Å². The highest BCUT2D eigenvalue weighted by Gasteiger charge is 2.35. The number of halogens is 1. The molecule has 1 aliphatic carbocycles. The number of rotatable bonds is 7. The van der Waals surface area contributed by atoms with Crippen LogP contribution in [0.1, 0.15) is 51.0 Å². The number of nitrogens with one attached hydrogen (secondary N) is 2. The van der Waals surface area contributed by atoms with E-state index in [1.54, 1.807) is 0 Å². The van der Waals surface area contributed by atoms with Gasteiger partial charge in [-0.15, -0.1) is 0 Å². The van der Waals surface area contributed by atoms with Crippen molar-refractivity contribution in [2.45, 2.75) is 50.9 Å². The minimum Gasteiger partial charge on any atom is -0.368 e. The second-order valence-electron chi connectivity index (χ2n) is 12.2. The lowest BCUT2D eigenvalue weighted by atomic mass is 9.79. The van der Waals surface area contributed by atoms with Gasteiger partial charge in [-0.3, -0.25) is 0 Å². The Labute approximate surface area is 260 Å². The maximum atomic E-state index is 6.19. The van der Waals surface area contributed by atoms with E-state index in [9.17, 15) is 0 Å². The largest absolute Gasteiger partial charge is 0.368 e. The standard InChI is InChI=1S/C33H42ClN7S/c1-25-8-7-17-41(23-25)30-22-29(40-20-18-39(19-21-40)28-9-3-2-4-10-28)36-31(37-30)38-32(42)35-24-33(15-5-6-16-33)26-11-13-27(34)14-12-26/h2-4,9-14,22,25H,5-8,15-21,23-24H2,1H3,(H2,35,36,37,38,42). The molecule has 7 nitrogen and oxygen atoms in total. The number of aromatic nitrogens is 2. The molecule has 9 heteroatoms. The van der Waals surface area contributed by atoms with Crippen LogP contribution in [0.15, 0.2) is 60.7 Å². The van der Waals surface area contributed by atoms with Crippen LogP contribution in [0.25, 0.3) is 0 Å². The molecule has 0 bridgehead atoms. The fraction of sp³-hybridized carbons (Fsp3) is 0.485. The van der Waals surface area contributed by atoms with Gasteiger partial charge in [-0.05, 0) is 73.6 Å². The maximum Gasteiger partial charge on any atom is 0.232 e. The zero-order valence-corrected chi connectivity index (χ0v) is 26.1. The second kappa shape index (κ2) is 13.0. The van der Waals surface area contributed by atoms with E-state index in [0.717, 1.165) is 75.3 Å². The number of benzene rings is 2. The number of hydrogen-bond donors (Lipinski definition) is 2. The monoisotopic (exact) mass is 603 g/mol. The Morgan fingerprint density at radius 2 is 1.55 bits per heavy atom. The number of hydrogen-bond acceptors (Lipinski definition) is 6. The molecular weight excluding hydrogens is 562 g/mol. The summed E-state index contributed by atoms with van der Waals surface area (Å²) in [6.07, 6.45) is 7.19. The predicted molar refractivity (Wildman–Crippen MR) is 179 cm³/mol. The summed E-state index contributed by atoms with van der Waals surface area (Å²) in [7, 11) is 0. The maximum absolute atomic E-state index is 6.19. The summed E-state index contributed by atoms with van der Waals surface area (Å²) in [5, 5.41) is 8.23. The van der Waals surface area contributed by atoms with Crippen LogP contribution in [0, 0.1) is 5.92 Å². The number of para-hydroxylation sites is 1. The van der Waals surface area contributed by atoms with Gasteiger partial charge in [0.25, 0.3) is 0 Å². The minimum atomic E-state index is 0.0621. The van der Waals surface area contributed by atoms with Crippen molar-refractivity contribution in [1.82, 2.24) is 15.3 Å². The van der Waals surface area contributed by atoms with Gasteiger partial charge in [0.1, 0.15) is 11.6 Å². The molecule has 1 atom stereocenters. The number of thiocarbonyl (C=S) groups is 1. The summed E-state index contributed by atoms with van der Waals surface area (Å²) in [4.78, 5) is 17.2. The van der Waals surface area contributed by atoms with Crippen LogP contribution >= 0.6 is 23.8 Å². The van der Waals surface area contributed by atoms with E-state index >= 15 is 0 Å². The van der Waals surface area contributed by atoms with Crippen LogP contribution in [-0.4, -0.2) is 60.9 Å². The third-order valence-electron chi connectivity index (χ3n) is 9.24. The first-order chi connectivity index (χ1) is 20.5. The lowest BCUT2D eigenvalue weighted by Crippen LogP contribution is -2.47. The van der Waals surface area contributed by atoms with E-state index in [1.165, 1.54) is 36.9 Å². The molecule has 2 aliphatic heterocycles. The van der Waals surface area contributed by atoms with Gasteiger partial charge in [0.15, 0.2) is 5.11 Å². The Morgan fingerprint density at radius 3 is 2.24 bits per heavy atom. The number of anilines is 4. The first kappa shape index (κ1) is 29.0. The molecular formula is C33H42ClN7S. The van der Waals surface area contributed by atoms with Gasteiger partial charge in [0.2, 0.25) is 5.95 Å². The van der Waals surface area contributed by atoms with Crippen LogP contribution in [0.4, 0.5) is 23.3 Å². The molecule has 0 amide bonds. The lowest BCUT2D eigenvalue weighted by Gasteiger charge is -2.37. The van der Waals surface area contributed by atoms with Crippen molar-refractivity contribution in [2.24, 2.45) is 5.92 Å². The van der Waals surface area contributed by atoms with Crippen LogP contribution in [0.2, 0.25) is 5.02 Å². The number of piperazine rings is 1. The average Bonchev–Trinajstić information content (AvgIpc) is 3.51. The third kappa shape index (κ3) is 6.76. The second-order valence-corrected chi connectivity index (χ2v) is 13.1. The Balaban J connectivity index is 1.17. The molecule has 6 rings (SSSR count). The van der Waals surface area contributed by atoms with Crippen LogP contribution in [-0.2, 0) is 5.41 Å². The van der Waals surface area contributed by atoms with E-state index < -0.39 is 0 Å². The molecule has 2 aromatic carbocycles. The Kier molecular flexibility index (Phi) is 9.00. The highest BCUT2D eigenvalue weighted by atomic mass is 35.5. The Bertz CT molecular complexity index is 1340. The predicted octanol–water partition coefficient (Wildman–Crippen LogP) is 6.49. The van der Waals surface area contributed by atoms with E-state index in [1.807, 2.05) is 12.1 Å². The smallest absolute Gasteiger partial charge is 0.232 e. The normalized spacial score (nSPS) is 20.4. The zero-order chi connectivity index (χ0) is 28.9.